The Kier molecular flexibility index (Phi) is 6.05. The molecule has 0 fully saturated rings. The van der Waals surface area contributed by atoms with Crippen molar-refractivity contribution in [1.29, 1.82) is 0 Å². The van der Waals surface area contributed by atoms with Crippen molar-refractivity contribution in [2.45, 2.75) is 65.6 Å². The zero-order valence-corrected chi connectivity index (χ0v) is 16.1. The van der Waals surface area contributed by atoms with Gasteiger partial charge in [-0.1, -0.05) is 13.8 Å². The van der Waals surface area contributed by atoms with Gasteiger partial charge in [-0.05, 0) is 51.8 Å². The maximum atomic E-state index is 12.8. The molecule has 0 aliphatic carbocycles. The standard InChI is InChI=1S/C20H27NO5/c1-6-8-16(22)14-9-10-17-15(11-14)21(19(24)20(4,5)26-17)12-18(23)25-13(3)7-2/h9-11,13H,6-8,12H2,1-5H3. The zero-order valence-electron chi connectivity index (χ0n) is 16.1. The lowest BCUT2D eigenvalue weighted by atomic mass is 10.0. The van der Waals surface area contributed by atoms with Crippen LogP contribution in [0, 0.1) is 0 Å². The fraction of sp³-hybridized carbons (Fsp3) is 0.550. The van der Waals surface area contributed by atoms with Crippen LogP contribution in [-0.4, -0.2) is 35.9 Å². The molecule has 0 radical (unpaired) electrons. The summed E-state index contributed by atoms with van der Waals surface area (Å²) >= 11 is 0. The normalized spacial score (nSPS) is 16.5. The molecule has 0 bridgehead atoms. The minimum Gasteiger partial charge on any atom is -0.476 e. The first-order valence-corrected chi connectivity index (χ1v) is 9.07. The lowest BCUT2D eigenvalue weighted by Gasteiger charge is -2.38. The van der Waals surface area contributed by atoms with Gasteiger partial charge in [0, 0.05) is 12.0 Å². The van der Waals surface area contributed by atoms with Gasteiger partial charge in [0.2, 0.25) is 0 Å². The molecule has 1 heterocycles. The highest BCUT2D eigenvalue weighted by atomic mass is 16.5. The first kappa shape index (κ1) is 19.9. The summed E-state index contributed by atoms with van der Waals surface area (Å²) in [4.78, 5) is 38.6. The van der Waals surface area contributed by atoms with Crippen molar-refractivity contribution in [2.24, 2.45) is 0 Å². The van der Waals surface area contributed by atoms with Gasteiger partial charge in [-0.3, -0.25) is 19.3 Å². The van der Waals surface area contributed by atoms with E-state index in [-0.39, 0.29) is 24.3 Å². The third-order valence-electron chi connectivity index (χ3n) is 4.37. The number of rotatable bonds is 7. The van der Waals surface area contributed by atoms with Gasteiger partial charge in [-0.2, -0.15) is 0 Å². The van der Waals surface area contributed by atoms with Gasteiger partial charge >= 0.3 is 5.97 Å². The van der Waals surface area contributed by atoms with E-state index in [4.69, 9.17) is 9.47 Å². The van der Waals surface area contributed by atoms with Crippen LogP contribution in [0.4, 0.5) is 5.69 Å². The smallest absolute Gasteiger partial charge is 0.326 e. The van der Waals surface area contributed by atoms with Crippen molar-refractivity contribution in [3.05, 3.63) is 23.8 Å². The molecule has 1 amide bonds. The monoisotopic (exact) mass is 361 g/mol. The van der Waals surface area contributed by atoms with Gasteiger partial charge in [-0.25, -0.2) is 0 Å². The van der Waals surface area contributed by atoms with Crippen molar-refractivity contribution < 1.29 is 23.9 Å². The third-order valence-corrected chi connectivity index (χ3v) is 4.37. The molecule has 26 heavy (non-hydrogen) atoms. The molecule has 0 spiro atoms. The average Bonchev–Trinajstić information content (AvgIpc) is 2.58. The summed E-state index contributed by atoms with van der Waals surface area (Å²) in [6.45, 7) is 8.75. The molecule has 0 saturated heterocycles. The Morgan fingerprint density at radius 1 is 1.27 bits per heavy atom. The average molecular weight is 361 g/mol. The minimum absolute atomic E-state index is 0.00489. The molecular weight excluding hydrogens is 334 g/mol. The van der Waals surface area contributed by atoms with Crippen LogP contribution < -0.4 is 9.64 Å². The lowest BCUT2D eigenvalue weighted by Crippen LogP contribution is -2.54. The number of nitrogens with zero attached hydrogens (tertiary/aromatic N) is 1. The van der Waals surface area contributed by atoms with Crippen LogP contribution in [0.1, 0.15) is 64.2 Å². The molecule has 0 aromatic heterocycles. The predicted molar refractivity (Wildman–Crippen MR) is 98.6 cm³/mol. The number of amides is 1. The zero-order chi connectivity index (χ0) is 19.5. The van der Waals surface area contributed by atoms with Gasteiger partial charge in [0.15, 0.2) is 11.4 Å². The Morgan fingerprint density at radius 3 is 2.58 bits per heavy atom. The van der Waals surface area contributed by atoms with E-state index in [0.717, 1.165) is 6.42 Å². The molecule has 1 aromatic rings. The lowest BCUT2D eigenvalue weighted by molar-refractivity contribution is -0.148. The Morgan fingerprint density at radius 2 is 1.96 bits per heavy atom. The molecule has 1 aromatic carbocycles. The fourth-order valence-electron chi connectivity index (χ4n) is 2.74. The Bertz CT molecular complexity index is 710. The molecule has 0 saturated carbocycles. The highest BCUT2D eigenvalue weighted by Crippen LogP contribution is 2.38. The van der Waals surface area contributed by atoms with E-state index in [1.807, 2.05) is 13.8 Å². The number of hydrogen-bond acceptors (Lipinski definition) is 5. The molecule has 0 N–H and O–H groups in total. The van der Waals surface area contributed by atoms with E-state index >= 15 is 0 Å². The second kappa shape index (κ2) is 7.89. The van der Waals surface area contributed by atoms with E-state index in [2.05, 4.69) is 0 Å². The summed E-state index contributed by atoms with van der Waals surface area (Å²) in [7, 11) is 0. The predicted octanol–water partition coefficient (Wildman–Crippen LogP) is 3.52. The first-order valence-electron chi connectivity index (χ1n) is 9.07. The molecule has 6 nitrogen and oxygen atoms in total. The number of carbonyl (C=O) groups is 3. The molecule has 1 atom stereocenters. The van der Waals surface area contributed by atoms with Gasteiger partial charge in [0.1, 0.15) is 12.3 Å². The SMILES string of the molecule is CCCC(=O)c1ccc2c(c1)N(CC(=O)OC(C)CC)C(=O)C(C)(C)O2. The van der Waals surface area contributed by atoms with E-state index in [0.29, 0.717) is 29.8 Å². The van der Waals surface area contributed by atoms with Crippen molar-refractivity contribution >= 4 is 23.3 Å². The van der Waals surface area contributed by atoms with Gasteiger partial charge in [0.05, 0.1) is 11.8 Å². The fourth-order valence-corrected chi connectivity index (χ4v) is 2.74. The number of carbonyl (C=O) groups excluding carboxylic acids is 3. The largest absolute Gasteiger partial charge is 0.476 e. The highest BCUT2D eigenvalue weighted by molar-refractivity contribution is 6.06. The first-order chi connectivity index (χ1) is 12.2. The second-order valence-electron chi connectivity index (χ2n) is 7.07. The van der Waals surface area contributed by atoms with Crippen LogP contribution in [0.25, 0.3) is 0 Å². The van der Waals surface area contributed by atoms with Gasteiger partial charge < -0.3 is 9.47 Å². The van der Waals surface area contributed by atoms with Crippen LogP contribution in [-0.2, 0) is 14.3 Å². The summed E-state index contributed by atoms with van der Waals surface area (Å²) in [6.07, 6.45) is 1.64. The van der Waals surface area contributed by atoms with Crippen molar-refractivity contribution in [3.63, 3.8) is 0 Å². The summed E-state index contributed by atoms with van der Waals surface area (Å²) in [5, 5.41) is 0. The molecule has 1 aliphatic heterocycles. The molecule has 1 aliphatic rings. The number of ketones is 1. The summed E-state index contributed by atoms with van der Waals surface area (Å²) < 4.78 is 11.1. The summed E-state index contributed by atoms with van der Waals surface area (Å²) in [6, 6.07) is 4.99. The summed E-state index contributed by atoms with van der Waals surface area (Å²) in [5.74, 6) is -0.360. The maximum Gasteiger partial charge on any atom is 0.326 e. The number of hydrogen-bond donors (Lipinski definition) is 0. The third kappa shape index (κ3) is 4.23. The van der Waals surface area contributed by atoms with Crippen molar-refractivity contribution in [3.8, 4) is 5.75 Å². The van der Waals surface area contributed by atoms with Crippen molar-refractivity contribution in [2.75, 3.05) is 11.4 Å². The molecule has 142 valence electrons. The van der Waals surface area contributed by atoms with E-state index in [9.17, 15) is 14.4 Å². The quantitative estimate of drug-likeness (QED) is 0.549. The topological polar surface area (TPSA) is 72.9 Å². The van der Waals surface area contributed by atoms with Crippen LogP contribution in [0.3, 0.4) is 0 Å². The molecule has 6 heteroatoms. The van der Waals surface area contributed by atoms with Crippen LogP contribution in [0.5, 0.6) is 5.75 Å². The second-order valence-corrected chi connectivity index (χ2v) is 7.07. The maximum absolute atomic E-state index is 12.8. The number of benzene rings is 1. The van der Waals surface area contributed by atoms with E-state index in [1.54, 1.807) is 39.0 Å². The number of esters is 1. The van der Waals surface area contributed by atoms with E-state index < -0.39 is 11.6 Å². The molecular formula is C20H27NO5. The van der Waals surface area contributed by atoms with Gasteiger partial charge in [0.25, 0.3) is 5.91 Å². The van der Waals surface area contributed by atoms with Crippen molar-refractivity contribution in [1.82, 2.24) is 0 Å². The number of anilines is 1. The van der Waals surface area contributed by atoms with Crippen LogP contribution in [0.2, 0.25) is 0 Å². The van der Waals surface area contributed by atoms with Crippen LogP contribution >= 0.6 is 0 Å². The Labute approximate surface area is 154 Å². The number of ether oxygens (including phenoxy) is 2. The molecule has 2 rings (SSSR count). The Hall–Kier alpha value is -2.37. The van der Waals surface area contributed by atoms with Crippen LogP contribution in [0.15, 0.2) is 18.2 Å². The molecule has 1 unspecified atom stereocenters. The highest BCUT2D eigenvalue weighted by Gasteiger charge is 2.42. The van der Waals surface area contributed by atoms with Gasteiger partial charge in [-0.15, -0.1) is 0 Å². The minimum atomic E-state index is -1.10. The number of fused-ring (bicyclic) bond motifs is 1. The number of Topliss-reactive ketones (excluding diaryl/α,β-unsaturated/α-hetero) is 1. The van der Waals surface area contributed by atoms with E-state index in [1.165, 1.54) is 4.90 Å². The Balaban J connectivity index is 2.37. The summed E-state index contributed by atoms with van der Waals surface area (Å²) in [5.41, 5.74) is -0.169.